The van der Waals surface area contributed by atoms with Crippen LogP contribution in [0.15, 0.2) is 91.0 Å². The summed E-state index contributed by atoms with van der Waals surface area (Å²) >= 11 is 0. The van der Waals surface area contributed by atoms with Crippen molar-refractivity contribution in [3.8, 4) is 5.75 Å². The zero-order chi connectivity index (χ0) is 29.5. The number of rotatable bonds is 5. The Bertz CT molecular complexity index is 1540. The van der Waals surface area contributed by atoms with Crippen molar-refractivity contribution in [2.45, 2.75) is 50.6 Å². The summed E-state index contributed by atoms with van der Waals surface area (Å²) in [5, 5.41) is 6.06. The van der Waals surface area contributed by atoms with Gasteiger partial charge in [-0.05, 0) is 121 Å². The van der Waals surface area contributed by atoms with E-state index in [4.69, 9.17) is 4.74 Å². The number of methoxy groups -OCH3 is 1. The summed E-state index contributed by atoms with van der Waals surface area (Å²) in [5.41, 5.74) is 6.20. The maximum absolute atomic E-state index is 12.9. The molecule has 0 aromatic heterocycles. The molecule has 1 unspecified atom stereocenters. The molecule has 0 aliphatic heterocycles. The minimum atomic E-state index is -0.338. The van der Waals surface area contributed by atoms with E-state index in [0.29, 0.717) is 11.1 Å². The summed E-state index contributed by atoms with van der Waals surface area (Å²) in [6.07, 6.45) is 5.44. The lowest BCUT2D eigenvalue weighted by Crippen LogP contribution is -2.38. The fraction of sp³-hybridized carbons (Fsp3) is 0.257. The highest BCUT2D eigenvalue weighted by molar-refractivity contribution is 5.94. The molecule has 216 valence electrons. The first-order valence-corrected chi connectivity index (χ1v) is 14.2. The van der Waals surface area contributed by atoms with E-state index < -0.39 is 0 Å². The van der Waals surface area contributed by atoms with E-state index in [2.05, 4.69) is 34.9 Å². The van der Waals surface area contributed by atoms with Crippen molar-refractivity contribution < 1.29 is 23.1 Å². The van der Waals surface area contributed by atoms with Crippen molar-refractivity contribution in [3.63, 3.8) is 0 Å². The maximum atomic E-state index is 12.9. The molecule has 4 aromatic carbocycles. The predicted octanol–water partition coefficient (Wildman–Crippen LogP) is 6.23. The monoisotopic (exact) mass is 568 g/mol. The largest absolute Gasteiger partial charge is 0.497 e. The molecule has 0 spiro atoms. The topological polar surface area (TPSA) is 67.4 Å². The predicted molar refractivity (Wildman–Crippen MR) is 159 cm³/mol. The highest BCUT2D eigenvalue weighted by Gasteiger charge is 2.22. The Labute approximate surface area is 244 Å². The van der Waals surface area contributed by atoms with E-state index >= 15 is 0 Å². The van der Waals surface area contributed by atoms with Gasteiger partial charge in [0.05, 0.1) is 7.11 Å². The van der Waals surface area contributed by atoms with Gasteiger partial charge < -0.3 is 15.4 Å². The maximum Gasteiger partial charge on any atom is 0.251 e. The molecular weight excluding hydrogens is 534 g/mol. The van der Waals surface area contributed by atoms with Gasteiger partial charge in [0.1, 0.15) is 17.4 Å². The molecule has 5 nitrogen and oxygen atoms in total. The number of hydrogen-bond donors (Lipinski definition) is 2. The normalized spacial score (nSPS) is 17.0. The summed E-state index contributed by atoms with van der Waals surface area (Å²) in [7, 11) is 1.65. The molecule has 2 aliphatic rings. The molecule has 0 saturated carbocycles. The van der Waals surface area contributed by atoms with E-state index in [0.717, 1.165) is 44.3 Å². The molecule has 6 rings (SSSR count). The SMILES string of the molecule is COc1ccc2c(c1)CC(NC(=O)c1ccc(F)cc1)CC2.O=C(N[C@H]1CCc2ccccc2C1)c1ccc(F)cc1. The highest BCUT2D eigenvalue weighted by atomic mass is 19.1. The van der Waals surface area contributed by atoms with E-state index in [9.17, 15) is 18.4 Å². The van der Waals surface area contributed by atoms with Crippen LogP contribution in [0.2, 0.25) is 0 Å². The van der Waals surface area contributed by atoms with Crippen LogP contribution in [0.1, 0.15) is 55.8 Å². The summed E-state index contributed by atoms with van der Waals surface area (Å²) in [4.78, 5) is 24.3. The number of fused-ring (bicyclic) bond motifs is 2. The van der Waals surface area contributed by atoms with Crippen molar-refractivity contribution >= 4 is 11.8 Å². The van der Waals surface area contributed by atoms with Gasteiger partial charge in [0, 0.05) is 23.2 Å². The van der Waals surface area contributed by atoms with Crippen molar-refractivity contribution in [2.75, 3.05) is 7.11 Å². The first-order chi connectivity index (χ1) is 20.4. The van der Waals surface area contributed by atoms with Crippen LogP contribution in [0.3, 0.4) is 0 Å². The van der Waals surface area contributed by atoms with E-state index in [-0.39, 0.29) is 35.5 Å². The Kier molecular flexibility index (Phi) is 9.27. The van der Waals surface area contributed by atoms with Crippen LogP contribution in [-0.4, -0.2) is 31.0 Å². The highest BCUT2D eigenvalue weighted by Crippen LogP contribution is 2.26. The van der Waals surface area contributed by atoms with Crippen LogP contribution < -0.4 is 15.4 Å². The lowest BCUT2D eigenvalue weighted by atomic mass is 9.88. The second kappa shape index (κ2) is 13.4. The number of amides is 2. The average Bonchev–Trinajstić information content (AvgIpc) is 3.01. The van der Waals surface area contributed by atoms with E-state index in [1.807, 2.05) is 18.2 Å². The van der Waals surface area contributed by atoms with Gasteiger partial charge >= 0.3 is 0 Å². The van der Waals surface area contributed by atoms with E-state index in [1.54, 1.807) is 7.11 Å². The smallest absolute Gasteiger partial charge is 0.251 e. The molecule has 2 aliphatic carbocycles. The van der Waals surface area contributed by atoms with Crippen molar-refractivity contribution in [2.24, 2.45) is 0 Å². The quantitative estimate of drug-likeness (QED) is 0.300. The van der Waals surface area contributed by atoms with Gasteiger partial charge in [-0.1, -0.05) is 30.3 Å². The van der Waals surface area contributed by atoms with Crippen LogP contribution in [0.25, 0.3) is 0 Å². The Balaban J connectivity index is 0.000000169. The summed E-state index contributed by atoms with van der Waals surface area (Å²) in [5.74, 6) is -0.113. The zero-order valence-corrected chi connectivity index (χ0v) is 23.5. The third-order valence-electron chi connectivity index (χ3n) is 7.87. The molecule has 0 saturated heterocycles. The first-order valence-electron chi connectivity index (χ1n) is 14.2. The lowest BCUT2D eigenvalue weighted by molar-refractivity contribution is 0.0925. The number of ether oxygens (including phenoxy) is 1. The van der Waals surface area contributed by atoms with Gasteiger partial charge in [-0.3, -0.25) is 9.59 Å². The number of halogens is 2. The molecule has 0 bridgehead atoms. The summed E-state index contributed by atoms with van der Waals surface area (Å²) < 4.78 is 31.0. The van der Waals surface area contributed by atoms with Gasteiger partial charge in [-0.2, -0.15) is 0 Å². The van der Waals surface area contributed by atoms with Crippen molar-refractivity contribution in [3.05, 3.63) is 136 Å². The van der Waals surface area contributed by atoms with Crippen LogP contribution in [0, 0.1) is 11.6 Å². The second-order valence-corrected chi connectivity index (χ2v) is 10.7. The number of hydrogen-bond acceptors (Lipinski definition) is 3. The Morgan fingerprint density at radius 1 is 0.643 bits per heavy atom. The molecule has 7 heteroatoms. The van der Waals surface area contributed by atoms with Gasteiger partial charge in [-0.15, -0.1) is 0 Å². The fourth-order valence-corrected chi connectivity index (χ4v) is 5.54. The van der Waals surface area contributed by atoms with Crippen molar-refractivity contribution in [1.29, 1.82) is 0 Å². The molecule has 2 N–H and O–H groups in total. The standard InChI is InChI=1S/C18H18FNO2.C17H16FNO/c1-22-17-9-5-12-4-8-16(10-14(12)11-17)20-18(21)13-2-6-15(19)7-3-13;18-15-8-5-13(6-9-15)17(20)19-16-10-7-12-3-1-2-4-14(12)11-16/h2-3,5-7,9,11,16H,4,8,10H2,1H3,(H,20,21);1-6,8-9,16H,7,10-11H2,(H,19,20)/t;16-/m.0/s1. The van der Waals surface area contributed by atoms with Gasteiger partial charge in [-0.25, -0.2) is 8.78 Å². The molecule has 0 heterocycles. The minimum Gasteiger partial charge on any atom is -0.497 e. The number of benzene rings is 4. The van der Waals surface area contributed by atoms with Gasteiger partial charge in [0.25, 0.3) is 11.8 Å². The van der Waals surface area contributed by atoms with Gasteiger partial charge in [0.15, 0.2) is 0 Å². The number of aryl methyl sites for hydroxylation is 2. The van der Waals surface area contributed by atoms with Crippen LogP contribution >= 0.6 is 0 Å². The molecule has 42 heavy (non-hydrogen) atoms. The van der Waals surface area contributed by atoms with E-state index in [1.165, 1.54) is 70.8 Å². The molecule has 2 amide bonds. The number of carbonyl (C=O) groups is 2. The average molecular weight is 569 g/mol. The number of nitrogens with one attached hydrogen (secondary N) is 2. The fourth-order valence-electron chi connectivity index (χ4n) is 5.54. The summed E-state index contributed by atoms with van der Waals surface area (Å²) in [6.45, 7) is 0. The Hall–Kier alpha value is -4.52. The number of carbonyl (C=O) groups excluding carboxylic acids is 2. The van der Waals surface area contributed by atoms with Gasteiger partial charge in [0.2, 0.25) is 0 Å². The Morgan fingerprint density at radius 2 is 1.12 bits per heavy atom. The van der Waals surface area contributed by atoms with Crippen LogP contribution in [-0.2, 0) is 25.7 Å². The summed E-state index contributed by atoms with van der Waals surface area (Å²) in [6, 6.07) is 26.0. The first kappa shape index (κ1) is 29.0. The molecular formula is C35H34F2N2O3. The van der Waals surface area contributed by atoms with Crippen LogP contribution in [0.4, 0.5) is 8.78 Å². The molecule has 2 atom stereocenters. The third kappa shape index (κ3) is 7.40. The molecule has 4 aromatic rings. The lowest BCUT2D eigenvalue weighted by Gasteiger charge is -2.26. The zero-order valence-electron chi connectivity index (χ0n) is 23.5. The minimum absolute atomic E-state index is 0.0946. The third-order valence-corrected chi connectivity index (χ3v) is 7.87. The van der Waals surface area contributed by atoms with Crippen LogP contribution in [0.5, 0.6) is 5.75 Å². The second-order valence-electron chi connectivity index (χ2n) is 10.7. The molecule has 0 fully saturated rings. The molecule has 0 radical (unpaired) electrons. The van der Waals surface area contributed by atoms with Crippen molar-refractivity contribution in [1.82, 2.24) is 10.6 Å². The Morgan fingerprint density at radius 3 is 1.64 bits per heavy atom.